The topological polar surface area (TPSA) is 96.5 Å². The fourth-order valence-electron chi connectivity index (χ4n) is 5.03. The number of halogens is 6. The summed E-state index contributed by atoms with van der Waals surface area (Å²) in [6, 6.07) is 8.23. The molecule has 0 spiro atoms. The van der Waals surface area contributed by atoms with Gasteiger partial charge in [-0.1, -0.05) is 43.5 Å². The number of rotatable bonds is 6. The fourth-order valence-corrected chi connectivity index (χ4v) is 5.03. The number of hydrogen-bond acceptors (Lipinski definition) is 4. The molecular weight excluding hydrogens is 568 g/mol. The Kier molecular flexibility index (Phi) is 8.97. The summed E-state index contributed by atoms with van der Waals surface area (Å²) < 4.78 is 84.5. The molecule has 7 nitrogen and oxygen atoms in total. The van der Waals surface area contributed by atoms with Crippen molar-refractivity contribution in [2.45, 2.75) is 50.5 Å². The highest BCUT2D eigenvalue weighted by molar-refractivity contribution is 6.10. The molecule has 1 aliphatic rings. The number of anilines is 2. The molecule has 0 radical (unpaired) electrons. The molecule has 1 aliphatic carbocycles. The zero-order valence-electron chi connectivity index (χ0n) is 22.3. The van der Waals surface area contributed by atoms with Crippen LogP contribution in [0.2, 0.25) is 0 Å². The predicted octanol–water partition coefficient (Wildman–Crippen LogP) is 7.37. The van der Waals surface area contributed by atoms with Crippen LogP contribution in [0.3, 0.4) is 0 Å². The van der Waals surface area contributed by atoms with E-state index in [-0.39, 0.29) is 23.2 Å². The smallest absolute Gasteiger partial charge is 0.416 e. The number of carbonyl (C=O) groups is 3. The number of urea groups is 1. The Labute approximate surface area is 236 Å². The average Bonchev–Trinajstić information content (AvgIpc) is 2.94. The molecular formula is C29H27F6N3O4. The zero-order valence-corrected chi connectivity index (χ0v) is 22.3. The molecule has 0 saturated heterocycles. The number of fused-ring (bicyclic) bond motifs is 1. The average molecular weight is 596 g/mol. The van der Waals surface area contributed by atoms with Gasteiger partial charge in [-0.25, -0.2) is 9.59 Å². The van der Waals surface area contributed by atoms with Gasteiger partial charge in [-0.3, -0.25) is 4.79 Å². The van der Waals surface area contributed by atoms with Crippen LogP contribution in [0.15, 0.2) is 54.6 Å². The van der Waals surface area contributed by atoms with Crippen LogP contribution in [0.4, 0.5) is 42.5 Å². The lowest BCUT2D eigenvalue weighted by Gasteiger charge is -2.29. The van der Waals surface area contributed by atoms with E-state index in [4.69, 9.17) is 4.74 Å². The van der Waals surface area contributed by atoms with E-state index in [1.165, 1.54) is 19.2 Å². The molecule has 3 aromatic carbocycles. The summed E-state index contributed by atoms with van der Waals surface area (Å²) in [4.78, 5) is 38.9. The minimum Gasteiger partial charge on any atom is -0.467 e. The molecule has 13 heteroatoms. The Balaban J connectivity index is 1.65. The predicted molar refractivity (Wildman–Crippen MR) is 143 cm³/mol. The quantitative estimate of drug-likeness (QED) is 0.205. The van der Waals surface area contributed by atoms with Crippen LogP contribution in [0, 0.1) is 5.92 Å². The van der Waals surface area contributed by atoms with E-state index in [1.54, 1.807) is 24.3 Å². The highest BCUT2D eigenvalue weighted by Crippen LogP contribution is 2.37. The van der Waals surface area contributed by atoms with E-state index in [9.17, 15) is 40.7 Å². The second kappa shape index (κ2) is 12.3. The molecule has 3 N–H and O–H groups in total. The van der Waals surface area contributed by atoms with E-state index in [1.807, 2.05) is 5.32 Å². The molecule has 3 amide bonds. The summed E-state index contributed by atoms with van der Waals surface area (Å²) in [6.45, 7) is 0. The number of amides is 3. The summed E-state index contributed by atoms with van der Waals surface area (Å²) in [5.74, 6) is -1.53. The SMILES string of the molecule is COC(=O)[C@@H](NC(=O)c1cc2ccccc2cc1NC(=O)Nc1cc(C(F)(F)F)cc(C(F)(F)F)c1)C1CCCCC1. The van der Waals surface area contributed by atoms with Gasteiger partial charge in [-0.2, -0.15) is 26.3 Å². The minimum absolute atomic E-state index is 0.0566. The van der Waals surface area contributed by atoms with Crippen molar-refractivity contribution in [1.82, 2.24) is 5.32 Å². The van der Waals surface area contributed by atoms with Gasteiger partial charge in [0.2, 0.25) is 0 Å². The van der Waals surface area contributed by atoms with E-state index < -0.39 is 53.1 Å². The molecule has 42 heavy (non-hydrogen) atoms. The summed E-state index contributed by atoms with van der Waals surface area (Å²) in [7, 11) is 1.20. The molecule has 0 bridgehead atoms. The van der Waals surface area contributed by atoms with Crippen molar-refractivity contribution >= 4 is 40.1 Å². The molecule has 1 atom stereocenters. The maximum Gasteiger partial charge on any atom is 0.416 e. The van der Waals surface area contributed by atoms with Gasteiger partial charge in [0.05, 0.1) is 29.5 Å². The molecule has 4 rings (SSSR count). The Morgan fingerprint density at radius 3 is 1.93 bits per heavy atom. The lowest BCUT2D eigenvalue weighted by Crippen LogP contribution is -2.47. The highest BCUT2D eigenvalue weighted by Gasteiger charge is 2.37. The first kappa shape index (κ1) is 30.7. The number of nitrogens with one attached hydrogen (secondary N) is 3. The molecule has 224 valence electrons. The van der Waals surface area contributed by atoms with Crippen molar-refractivity contribution < 1.29 is 45.5 Å². The molecule has 1 fully saturated rings. The molecule has 3 aromatic rings. The number of methoxy groups -OCH3 is 1. The number of carbonyl (C=O) groups excluding carboxylic acids is 3. The molecule has 0 aliphatic heterocycles. The largest absolute Gasteiger partial charge is 0.467 e. The first-order valence-electron chi connectivity index (χ1n) is 13.0. The molecule has 1 saturated carbocycles. The number of benzene rings is 3. The third-order valence-electron chi connectivity index (χ3n) is 7.09. The maximum absolute atomic E-state index is 13.5. The van der Waals surface area contributed by atoms with Crippen LogP contribution < -0.4 is 16.0 Å². The first-order chi connectivity index (χ1) is 19.8. The first-order valence-corrected chi connectivity index (χ1v) is 13.0. The fraction of sp³-hybridized carbons (Fsp3) is 0.345. The van der Waals surface area contributed by atoms with E-state index in [2.05, 4.69) is 10.6 Å². The normalized spacial score (nSPS) is 15.1. The van der Waals surface area contributed by atoms with Crippen molar-refractivity contribution in [3.63, 3.8) is 0 Å². The summed E-state index contributed by atoms with van der Waals surface area (Å²) >= 11 is 0. The van der Waals surface area contributed by atoms with Gasteiger partial charge in [0.1, 0.15) is 6.04 Å². The number of hydrogen-bond donors (Lipinski definition) is 3. The van der Waals surface area contributed by atoms with Crippen LogP contribution >= 0.6 is 0 Å². The number of alkyl halides is 6. The van der Waals surface area contributed by atoms with Crippen LogP contribution in [0.1, 0.15) is 53.6 Å². The van der Waals surface area contributed by atoms with E-state index in [0.29, 0.717) is 35.7 Å². The second-order valence-corrected chi connectivity index (χ2v) is 9.99. The van der Waals surface area contributed by atoms with Crippen molar-refractivity contribution in [1.29, 1.82) is 0 Å². The zero-order chi connectivity index (χ0) is 30.7. The Bertz CT molecular complexity index is 1450. The van der Waals surface area contributed by atoms with Crippen molar-refractivity contribution in [3.05, 3.63) is 71.3 Å². The van der Waals surface area contributed by atoms with Crippen LogP contribution in [-0.2, 0) is 21.9 Å². The lowest BCUT2D eigenvalue weighted by molar-refractivity contribution is -0.145. The van der Waals surface area contributed by atoms with Crippen molar-refractivity contribution in [2.24, 2.45) is 5.92 Å². The molecule has 0 heterocycles. The van der Waals surface area contributed by atoms with E-state index >= 15 is 0 Å². The monoisotopic (exact) mass is 595 g/mol. The van der Waals surface area contributed by atoms with Crippen molar-refractivity contribution in [3.8, 4) is 0 Å². The van der Waals surface area contributed by atoms with Crippen LogP contribution in [0.25, 0.3) is 10.8 Å². The second-order valence-electron chi connectivity index (χ2n) is 9.99. The standard InChI is InChI=1S/C29H27F6N3O4/c1-42-26(40)24(16-7-3-2-4-8-16)38-25(39)22-11-17-9-5-6-10-18(17)12-23(22)37-27(41)36-21-14-19(28(30,31)32)13-20(15-21)29(33,34)35/h5-6,9-16,24H,2-4,7-8H2,1H3,(H,38,39)(H2,36,37,41)/t24-/m0/s1. The van der Waals surface area contributed by atoms with E-state index in [0.717, 1.165) is 19.3 Å². The highest BCUT2D eigenvalue weighted by atomic mass is 19.4. The Hall–Kier alpha value is -4.29. The summed E-state index contributed by atoms with van der Waals surface area (Å²) in [5.41, 5.74) is -4.12. The van der Waals surface area contributed by atoms with Crippen molar-refractivity contribution in [2.75, 3.05) is 17.7 Å². The number of ether oxygens (including phenoxy) is 1. The van der Waals surface area contributed by atoms with Gasteiger partial charge >= 0.3 is 24.4 Å². The summed E-state index contributed by atoms with van der Waals surface area (Å²) in [6.07, 6.45) is -6.06. The lowest BCUT2D eigenvalue weighted by atomic mass is 9.83. The number of esters is 1. The maximum atomic E-state index is 13.5. The minimum atomic E-state index is -5.10. The van der Waals surface area contributed by atoms with Gasteiger partial charge in [-0.05, 0) is 59.9 Å². The van der Waals surface area contributed by atoms with Gasteiger partial charge in [0.25, 0.3) is 5.91 Å². The third-order valence-corrected chi connectivity index (χ3v) is 7.09. The van der Waals surface area contributed by atoms with Crippen LogP contribution in [-0.4, -0.2) is 31.1 Å². The summed E-state index contributed by atoms with van der Waals surface area (Å²) in [5, 5.41) is 8.23. The van der Waals surface area contributed by atoms with Gasteiger partial charge in [0, 0.05) is 5.69 Å². The molecule has 0 aromatic heterocycles. The Morgan fingerprint density at radius 1 is 0.810 bits per heavy atom. The van der Waals surface area contributed by atoms with Gasteiger partial charge < -0.3 is 20.7 Å². The van der Waals surface area contributed by atoms with Gasteiger partial charge in [0.15, 0.2) is 0 Å². The third kappa shape index (κ3) is 7.31. The van der Waals surface area contributed by atoms with Gasteiger partial charge in [-0.15, -0.1) is 0 Å². The molecule has 0 unspecified atom stereocenters. The van der Waals surface area contributed by atoms with Crippen LogP contribution in [0.5, 0.6) is 0 Å². The Morgan fingerprint density at radius 2 is 1.38 bits per heavy atom.